The second-order valence-corrected chi connectivity index (χ2v) is 5.06. The average Bonchev–Trinajstić information content (AvgIpc) is 2.53. The van der Waals surface area contributed by atoms with Crippen molar-refractivity contribution in [3.05, 3.63) is 21.9 Å². The highest BCUT2D eigenvalue weighted by atomic mass is 32.1. The topological polar surface area (TPSA) is 20.2 Å². The van der Waals surface area contributed by atoms with Crippen LogP contribution in [0.25, 0.3) is 0 Å². The quantitative estimate of drug-likeness (QED) is 0.732. The van der Waals surface area contributed by atoms with Gasteiger partial charge in [-0.1, -0.05) is 12.8 Å². The molecule has 2 rings (SSSR count). The van der Waals surface area contributed by atoms with Crippen LogP contribution < -0.4 is 0 Å². The summed E-state index contributed by atoms with van der Waals surface area (Å²) in [5, 5.41) is 12.0. The normalized spacial score (nSPS) is 29.1. The van der Waals surface area contributed by atoms with E-state index in [-0.39, 0.29) is 6.10 Å². The second kappa shape index (κ2) is 3.81. The highest BCUT2D eigenvalue weighted by molar-refractivity contribution is 7.10. The summed E-state index contributed by atoms with van der Waals surface area (Å²) in [7, 11) is 0. The third-order valence-corrected chi connectivity index (χ3v) is 3.79. The number of aryl methyl sites for hydroxylation is 1. The predicted molar refractivity (Wildman–Crippen MR) is 56.3 cm³/mol. The molecule has 2 atom stereocenters. The van der Waals surface area contributed by atoms with Gasteiger partial charge in [0.15, 0.2) is 0 Å². The van der Waals surface area contributed by atoms with Gasteiger partial charge >= 0.3 is 0 Å². The Balaban J connectivity index is 2.14. The van der Waals surface area contributed by atoms with Crippen molar-refractivity contribution in [2.75, 3.05) is 0 Å². The Kier molecular flexibility index (Phi) is 2.70. The molecule has 2 heteroatoms. The summed E-state index contributed by atoms with van der Waals surface area (Å²) < 4.78 is 0. The average molecular weight is 196 g/mol. The Labute approximate surface area is 83.4 Å². The minimum atomic E-state index is -0.0947. The molecule has 0 spiro atoms. The van der Waals surface area contributed by atoms with Crippen LogP contribution in [0.5, 0.6) is 0 Å². The first-order chi connectivity index (χ1) is 6.27. The smallest absolute Gasteiger partial charge is 0.0609 e. The molecule has 1 nitrogen and oxygen atoms in total. The van der Waals surface area contributed by atoms with Crippen LogP contribution in [-0.4, -0.2) is 11.2 Å². The van der Waals surface area contributed by atoms with Crippen LogP contribution in [0.1, 0.15) is 42.0 Å². The number of rotatable bonds is 1. The van der Waals surface area contributed by atoms with Gasteiger partial charge < -0.3 is 5.11 Å². The van der Waals surface area contributed by atoms with Crippen molar-refractivity contribution in [2.45, 2.75) is 44.6 Å². The van der Waals surface area contributed by atoms with Gasteiger partial charge in [-0.2, -0.15) is 0 Å². The predicted octanol–water partition coefficient (Wildman–Crippen LogP) is 3.08. The summed E-state index contributed by atoms with van der Waals surface area (Å²) in [6.45, 7) is 2.13. The summed E-state index contributed by atoms with van der Waals surface area (Å²) >= 11 is 1.79. The monoisotopic (exact) mass is 196 g/mol. The Morgan fingerprint density at radius 3 is 2.77 bits per heavy atom. The summed E-state index contributed by atoms with van der Waals surface area (Å²) in [6, 6.07) is 2.23. The van der Waals surface area contributed by atoms with Gasteiger partial charge in [-0.15, -0.1) is 11.3 Å². The lowest BCUT2D eigenvalue weighted by Crippen LogP contribution is -2.21. The van der Waals surface area contributed by atoms with Crippen molar-refractivity contribution in [2.24, 2.45) is 0 Å². The molecule has 0 aliphatic heterocycles. The summed E-state index contributed by atoms with van der Waals surface area (Å²) in [5.41, 5.74) is 1.36. The first-order valence-electron chi connectivity index (χ1n) is 5.00. The molecule has 0 saturated heterocycles. The maximum absolute atomic E-state index is 9.84. The Morgan fingerprint density at radius 2 is 2.15 bits per heavy atom. The maximum Gasteiger partial charge on any atom is 0.0609 e. The first kappa shape index (κ1) is 9.22. The van der Waals surface area contributed by atoms with Crippen LogP contribution in [0, 0.1) is 6.92 Å². The number of aliphatic hydroxyl groups is 1. The van der Waals surface area contributed by atoms with E-state index in [1.165, 1.54) is 23.3 Å². The van der Waals surface area contributed by atoms with Gasteiger partial charge in [0, 0.05) is 10.8 Å². The highest BCUT2D eigenvalue weighted by Crippen LogP contribution is 2.34. The molecule has 1 aromatic heterocycles. The van der Waals surface area contributed by atoms with E-state index in [1.54, 1.807) is 11.3 Å². The van der Waals surface area contributed by atoms with Crippen LogP contribution >= 0.6 is 11.3 Å². The molecule has 0 bridgehead atoms. The minimum Gasteiger partial charge on any atom is -0.392 e. The SMILES string of the molecule is Cc1cc([C@@H]2CCCC[C@H]2O)cs1. The largest absolute Gasteiger partial charge is 0.392 e. The van der Waals surface area contributed by atoms with E-state index in [9.17, 15) is 5.11 Å². The lowest BCUT2D eigenvalue weighted by atomic mass is 9.83. The van der Waals surface area contributed by atoms with Gasteiger partial charge in [0.1, 0.15) is 0 Å². The number of hydrogen-bond acceptors (Lipinski definition) is 2. The molecule has 1 saturated carbocycles. The summed E-state index contributed by atoms with van der Waals surface area (Å²) in [6.07, 6.45) is 4.52. The molecular weight excluding hydrogens is 180 g/mol. The molecule has 0 unspecified atom stereocenters. The zero-order valence-corrected chi connectivity index (χ0v) is 8.81. The van der Waals surface area contributed by atoms with E-state index >= 15 is 0 Å². The van der Waals surface area contributed by atoms with Crippen molar-refractivity contribution >= 4 is 11.3 Å². The molecule has 72 valence electrons. The molecule has 1 aliphatic rings. The Morgan fingerprint density at radius 1 is 1.38 bits per heavy atom. The second-order valence-electron chi connectivity index (χ2n) is 3.95. The number of thiophene rings is 1. The summed E-state index contributed by atoms with van der Waals surface area (Å²) in [5.74, 6) is 0.415. The van der Waals surface area contributed by atoms with Gasteiger partial charge in [-0.25, -0.2) is 0 Å². The third kappa shape index (κ3) is 1.94. The zero-order valence-electron chi connectivity index (χ0n) is 7.99. The molecule has 1 heterocycles. The van der Waals surface area contributed by atoms with E-state index in [4.69, 9.17) is 0 Å². The van der Waals surface area contributed by atoms with E-state index < -0.39 is 0 Å². The minimum absolute atomic E-state index is 0.0947. The fourth-order valence-electron chi connectivity index (χ4n) is 2.16. The molecule has 0 aromatic carbocycles. The van der Waals surface area contributed by atoms with Gasteiger partial charge in [0.05, 0.1) is 6.10 Å². The van der Waals surface area contributed by atoms with Crippen LogP contribution in [0.3, 0.4) is 0 Å². The van der Waals surface area contributed by atoms with Gasteiger partial charge in [-0.05, 0) is 36.8 Å². The van der Waals surface area contributed by atoms with E-state index in [2.05, 4.69) is 18.4 Å². The van der Waals surface area contributed by atoms with Crippen molar-refractivity contribution in [1.82, 2.24) is 0 Å². The van der Waals surface area contributed by atoms with E-state index in [1.807, 2.05) is 0 Å². The maximum atomic E-state index is 9.84. The third-order valence-electron chi connectivity index (χ3n) is 2.91. The van der Waals surface area contributed by atoms with Crippen molar-refractivity contribution in [3.63, 3.8) is 0 Å². The van der Waals surface area contributed by atoms with Crippen molar-refractivity contribution in [1.29, 1.82) is 0 Å². The van der Waals surface area contributed by atoms with Crippen molar-refractivity contribution < 1.29 is 5.11 Å². The standard InChI is InChI=1S/C11H16OS/c1-8-6-9(7-13-8)10-4-2-3-5-11(10)12/h6-7,10-12H,2-5H2,1H3/t10-,11+/m0/s1. The zero-order chi connectivity index (χ0) is 9.26. The number of aliphatic hydroxyl groups excluding tert-OH is 1. The van der Waals surface area contributed by atoms with E-state index in [0.29, 0.717) is 5.92 Å². The van der Waals surface area contributed by atoms with Crippen LogP contribution in [0.2, 0.25) is 0 Å². The molecular formula is C11H16OS. The lowest BCUT2D eigenvalue weighted by Gasteiger charge is -2.26. The lowest BCUT2D eigenvalue weighted by molar-refractivity contribution is 0.106. The molecule has 0 amide bonds. The van der Waals surface area contributed by atoms with Crippen LogP contribution in [-0.2, 0) is 0 Å². The molecule has 1 fully saturated rings. The van der Waals surface area contributed by atoms with E-state index in [0.717, 1.165) is 12.8 Å². The Hall–Kier alpha value is -0.340. The van der Waals surface area contributed by atoms with Crippen LogP contribution in [0.15, 0.2) is 11.4 Å². The highest BCUT2D eigenvalue weighted by Gasteiger charge is 2.24. The molecule has 1 aliphatic carbocycles. The fourth-order valence-corrected chi connectivity index (χ4v) is 2.93. The first-order valence-corrected chi connectivity index (χ1v) is 5.88. The number of hydrogen-bond donors (Lipinski definition) is 1. The Bertz CT molecular complexity index is 279. The van der Waals surface area contributed by atoms with Gasteiger partial charge in [0.25, 0.3) is 0 Å². The van der Waals surface area contributed by atoms with Crippen molar-refractivity contribution in [3.8, 4) is 0 Å². The molecule has 13 heavy (non-hydrogen) atoms. The van der Waals surface area contributed by atoms with Gasteiger partial charge in [0.2, 0.25) is 0 Å². The molecule has 1 aromatic rings. The molecule has 1 N–H and O–H groups in total. The van der Waals surface area contributed by atoms with Gasteiger partial charge in [-0.3, -0.25) is 0 Å². The molecule has 0 radical (unpaired) electrons. The van der Waals surface area contributed by atoms with Crippen LogP contribution in [0.4, 0.5) is 0 Å². The fraction of sp³-hybridized carbons (Fsp3) is 0.636. The summed E-state index contributed by atoms with van der Waals surface area (Å²) in [4.78, 5) is 1.35.